The van der Waals surface area contributed by atoms with Crippen molar-refractivity contribution in [2.24, 2.45) is 11.5 Å². The van der Waals surface area contributed by atoms with Gasteiger partial charge in [-0.05, 0) is 13.8 Å². The van der Waals surface area contributed by atoms with Gasteiger partial charge in [-0.15, -0.1) is 12.4 Å². The van der Waals surface area contributed by atoms with Crippen LogP contribution in [0.15, 0.2) is 24.3 Å². The van der Waals surface area contributed by atoms with Crippen LogP contribution in [0.1, 0.15) is 26.7 Å². The second-order valence-corrected chi connectivity index (χ2v) is 4.94. The highest BCUT2D eigenvalue weighted by atomic mass is 35.5. The van der Waals surface area contributed by atoms with Gasteiger partial charge in [-0.3, -0.25) is 9.59 Å². The second-order valence-electron chi connectivity index (χ2n) is 4.94. The quantitative estimate of drug-likeness (QED) is 0.287. The van der Waals surface area contributed by atoms with Crippen molar-refractivity contribution in [1.29, 1.82) is 0 Å². The predicted octanol–water partition coefficient (Wildman–Crippen LogP) is 0.237. The van der Waals surface area contributed by atoms with Crippen molar-refractivity contribution in [1.82, 2.24) is 0 Å². The summed E-state index contributed by atoms with van der Waals surface area (Å²) >= 11 is 0. The molecular weight excluding hydrogens is 384 g/mol. The molecule has 0 rings (SSSR count). The number of esters is 2. The van der Waals surface area contributed by atoms with Crippen LogP contribution < -0.4 is 11.5 Å². The Hall–Kier alpha value is -2.43. The average Bonchev–Trinajstić information content (AvgIpc) is 2.55. The van der Waals surface area contributed by atoms with Crippen LogP contribution in [0.2, 0.25) is 0 Å². The molecule has 0 amide bonds. The number of carbonyl (C=O) groups excluding carboxylic acids is 2. The van der Waals surface area contributed by atoms with E-state index in [2.05, 4.69) is 17.9 Å². The van der Waals surface area contributed by atoms with E-state index in [0.717, 1.165) is 0 Å². The van der Waals surface area contributed by atoms with Crippen LogP contribution in [0, 0.1) is 0 Å². The van der Waals surface area contributed by atoms with E-state index in [1.807, 2.05) is 0 Å². The normalized spacial score (nSPS) is 11.4. The molecule has 10 nitrogen and oxygen atoms in total. The molecule has 0 aliphatic carbocycles. The Morgan fingerprint density at radius 3 is 1.70 bits per heavy atom. The van der Waals surface area contributed by atoms with Gasteiger partial charge in [-0.1, -0.05) is 13.2 Å². The van der Waals surface area contributed by atoms with Crippen LogP contribution in [0.4, 0.5) is 0 Å². The first-order valence-electron chi connectivity index (χ1n) is 7.64. The van der Waals surface area contributed by atoms with E-state index in [4.69, 9.17) is 26.4 Å². The maximum absolute atomic E-state index is 11.1. The Kier molecular flexibility index (Phi) is 17.2. The summed E-state index contributed by atoms with van der Waals surface area (Å²) in [6, 6.07) is -2.04. The molecule has 0 fully saturated rings. The molecule has 0 spiro atoms. The molecule has 0 aromatic heterocycles. The van der Waals surface area contributed by atoms with Crippen molar-refractivity contribution in [3.63, 3.8) is 0 Å². The number of carbonyl (C=O) groups is 4. The fraction of sp³-hybridized carbons (Fsp3) is 0.500. The average molecular weight is 411 g/mol. The molecule has 6 N–H and O–H groups in total. The highest BCUT2D eigenvalue weighted by molar-refractivity contribution is 5.89. The zero-order chi connectivity index (χ0) is 20.9. The zero-order valence-corrected chi connectivity index (χ0v) is 16.1. The number of carboxylic acids is 2. The highest BCUT2D eigenvalue weighted by Gasteiger charge is 2.19. The lowest BCUT2D eigenvalue weighted by Crippen LogP contribution is -2.33. The minimum atomic E-state index is -1.23. The lowest BCUT2D eigenvalue weighted by atomic mass is 10.1. The molecule has 0 aromatic carbocycles. The van der Waals surface area contributed by atoms with Gasteiger partial charge in [-0.2, -0.15) is 0 Å². The van der Waals surface area contributed by atoms with E-state index in [9.17, 15) is 19.2 Å². The van der Waals surface area contributed by atoms with Crippen LogP contribution in [-0.2, 0) is 28.7 Å². The van der Waals surface area contributed by atoms with Crippen molar-refractivity contribution in [2.45, 2.75) is 38.8 Å². The van der Waals surface area contributed by atoms with Crippen LogP contribution in [0.5, 0.6) is 0 Å². The molecular formula is C16H27ClN2O8. The van der Waals surface area contributed by atoms with E-state index in [0.29, 0.717) is 0 Å². The SMILES string of the molecule is C=C(C[C@H](N)C(=O)O)C(=O)O.C=C(C[C@H](N)C(=O)OCC)C(=O)OCC.Cl. The lowest BCUT2D eigenvalue weighted by molar-refractivity contribution is -0.145. The molecule has 156 valence electrons. The Morgan fingerprint density at radius 2 is 1.33 bits per heavy atom. The molecule has 0 saturated heterocycles. The highest BCUT2D eigenvalue weighted by Crippen LogP contribution is 2.05. The summed E-state index contributed by atoms with van der Waals surface area (Å²) in [6.45, 7) is 10.5. The van der Waals surface area contributed by atoms with Crippen molar-refractivity contribution in [3.8, 4) is 0 Å². The number of hydrogen-bond donors (Lipinski definition) is 4. The summed E-state index contributed by atoms with van der Waals surface area (Å²) in [7, 11) is 0. The molecule has 0 saturated carbocycles. The van der Waals surface area contributed by atoms with Crippen molar-refractivity contribution >= 4 is 36.3 Å². The molecule has 0 aromatic rings. The smallest absolute Gasteiger partial charge is 0.333 e. The van der Waals surface area contributed by atoms with Gasteiger partial charge in [0.1, 0.15) is 12.1 Å². The fourth-order valence-electron chi connectivity index (χ4n) is 1.35. The van der Waals surface area contributed by atoms with Gasteiger partial charge >= 0.3 is 23.9 Å². The molecule has 0 unspecified atom stereocenters. The Bertz CT molecular complexity index is 551. The summed E-state index contributed by atoms with van der Waals surface area (Å²) in [5.41, 5.74) is 10.5. The number of hydrogen-bond acceptors (Lipinski definition) is 8. The molecule has 0 aliphatic heterocycles. The summed E-state index contributed by atoms with van der Waals surface area (Å²) < 4.78 is 9.39. The molecule has 0 radical (unpaired) electrons. The number of aliphatic carboxylic acids is 2. The van der Waals surface area contributed by atoms with E-state index in [1.54, 1.807) is 13.8 Å². The van der Waals surface area contributed by atoms with E-state index in [1.165, 1.54) is 0 Å². The minimum absolute atomic E-state index is 0. The van der Waals surface area contributed by atoms with Gasteiger partial charge in [-0.25, -0.2) is 9.59 Å². The Balaban J connectivity index is -0.000000430. The van der Waals surface area contributed by atoms with Crippen molar-refractivity contribution in [3.05, 3.63) is 24.3 Å². The molecule has 11 heteroatoms. The Labute approximate surface area is 163 Å². The van der Waals surface area contributed by atoms with Crippen LogP contribution >= 0.6 is 12.4 Å². The van der Waals surface area contributed by atoms with Gasteiger partial charge < -0.3 is 31.2 Å². The largest absolute Gasteiger partial charge is 0.480 e. The summed E-state index contributed by atoms with van der Waals surface area (Å²) in [6.07, 6.45) is -0.178. The van der Waals surface area contributed by atoms with Gasteiger partial charge in [0.25, 0.3) is 0 Å². The second kappa shape index (κ2) is 15.8. The predicted molar refractivity (Wildman–Crippen MR) is 99.3 cm³/mol. The van der Waals surface area contributed by atoms with Crippen LogP contribution in [0.3, 0.4) is 0 Å². The molecule has 27 heavy (non-hydrogen) atoms. The first-order chi connectivity index (χ1) is 12.0. The molecule has 0 heterocycles. The van der Waals surface area contributed by atoms with Gasteiger partial charge in [0.05, 0.1) is 13.2 Å². The first kappa shape index (κ1) is 29.3. The number of rotatable bonds is 10. The van der Waals surface area contributed by atoms with Gasteiger partial charge in [0.15, 0.2) is 0 Å². The topological polar surface area (TPSA) is 179 Å². The minimum Gasteiger partial charge on any atom is -0.480 e. The lowest BCUT2D eigenvalue weighted by Gasteiger charge is -2.11. The van der Waals surface area contributed by atoms with Crippen molar-refractivity contribution < 1.29 is 38.9 Å². The zero-order valence-electron chi connectivity index (χ0n) is 15.3. The monoisotopic (exact) mass is 410 g/mol. The standard InChI is InChI=1S/C10H17NO4.C6H9NO4.ClH/c1-4-14-9(12)7(3)6-8(11)10(13)15-5-2;1-3(5(8)9)2-4(7)6(10)11;/h8H,3-6,11H2,1-2H3;4H,1-2,7H2,(H,8,9)(H,10,11);1H/t8-;4-;/m00./s1. The van der Waals surface area contributed by atoms with E-state index < -0.39 is 36.0 Å². The summed E-state index contributed by atoms with van der Waals surface area (Å²) in [4.78, 5) is 42.5. The Morgan fingerprint density at radius 1 is 0.889 bits per heavy atom. The molecule has 0 bridgehead atoms. The molecule has 0 aliphatic rings. The number of ether oxygens (including phenoxy) is 2. The summed E-state index contributed by atoms with van der Waals surface area (Å²) in [5.74, 6) is -3.52. The maximum Gasteiger partial charge on any atom is 0.333 e. The van der Waals surface area contributed by atoms with Gasteiger partial charge in [0, 0.05) is 24.0 Å². The fourth-order valence-corrected chi connectivity index (χ4v) is 1.35. The van der Waals surface area contributed by atoms with Crippen LogP contribution in [-0.4, -0.2) is 59.4 Å². The third-order valence-corrected chi connectivity index (χ3v) is 2.71. The van der Waals surface area contributed by atoms with Crippen molar-refractivity contribution in [2.75, 3.05) is 13.2 Å². The van der Waals surface area contributed by atoms with Gasteiger partial charge in [0.2, 0.25) is 0 Å². The first-order valence-corrected chi connectivity index (χ1v) is 7.64. The number of nitrogens with two attached hydrogens (primary N) is 2. The number of halogens is 1. The third-order valence-electron chi connectivity index (χ3n) is 2.71. The maximum atomic E-state index is 11.1. The third kappa shape index (κ3) is 14.4. The molecule has 2 atom stereocenters. The van der Waals surface area contributed by atoms with E-state index >= 15 is 0 Å². The summed E-state index contributed by atoms with van der Waals surface area (Å²) in [5, 5.41) is 16.5. The number of carboxylic acid groups (broad SMARTS) is 2. The van der Waals surface area contributed by atoms with Crippen LogP contribution in [0.25, 0.3) is 0 Å². The van der Waals surface area contributed by atoms with E-state index in [-0.39, 0.29) is 49.6 Å².